The summed E-state index contributed by atoms with van der Waals surface area (Å²) in [4.78, 5) is 16.2. The van der Waals surface area contributed by atoms with Gasteiger partial charge in [-0.15, -0.1) is 0 Å². The molecule has 11 heavy (non-hydrogen) atoms. The average molecular weight is 156 g/mol. The van der Waals surface area contributed by atoms with E-state index in [2.05, 4.69) is 9.97 Å². The fraction of sp³-hybridized carbons (Fsp3) is 0.333. The van der Waals surface area contributed by atoms with Crippen LogP contribution in [0.4, 0.5) is 0 Å². The molecule has 0 aliphatic carbocycles. The predicted molar refractivity (Wildman–Crippen MR) is 37.4 cm³/mol. The van der Waals surface area contributed by atoms with Gasteiger partial charge in [-0.25, -0.2) is 4.79 Å². The second kappa shape index (κ2) is 3.72. The number of hydrogen-bond donors (Lipinski definition) is 2. The zero-order valence-corrected chi connectivity index (χ0v) is 5.78. The van der Waals surface area contributed by atoms with Gasteiger partial charge in [0.05, 0.1) is 12.8 Å². The lowest BCUT2D eigenvalue weighted by molar-refractivity contribution is 0.200. The number of H-pyrrole nitrogens is 1. The third-order valence-electron chi connectivity index (χ3n) is 1.01. The Kier molecular flexibility index (Phi) is 2.62. The van der Waals surface area contributed by atoms with Crippen molar-refractivity contribution in [2.75, 3.05) is 13.2 Å². The van der Waals surface area contributed by atoms with Crippen LogP contribution < -0.4 is 10.4 Å². The molecule has 0 amide bonds. The van der Waals surface area contributed by atoms with Crippen molar-refractivity contribution in [2.45, 2.75) is 0 Å². The summed E-state index contributed by atoms with van der Waals surface area (Å²) in [6, 6.07) is 0. The number of aliphatic hydroxyl groups is 1. The zero-order valence-electron chi connectivity index (χ0n) is 5.78. The predicted octanol–water partition coefficient (Wildman–Crippen LogP) is -0.859. The number of aliphatic hydroxyl groups excluding tert-OH is 1. The molecular weight excluding hydrogens is 148 g/mol. The van der Waals surface area contributed by atoms with Crippen LogP contribution in [-0.4, -0.2) is 28.3 Å². The Bertz CT molecular complexity index is 250. The second-order valence-electron chi connectivity index (χ2n) is 1.83. The van der Waals surface area contributed by atoms with E-state index in [1.807, 2.05) is 0 Å². The summed E-state index contributed by atoms with van der Waals surface area (Å²) in [5.74, 6) is 0.443. The lowest BCUT2D eigenvalue weighted by Gasteiger charge is -2.00. The monoisotopic (exact) mass is 156 g/mol. The molecule has 0 atom stereocenters. The highest BCUT2D eigenvalue weighted by molar-refractivity contribution is 5.09. The molecule has 1 rings (SSSR count). The van der Waals surface area contributed by atoms with Crippen LogP contribution in [0.3, 0.4) is 0 Å². The first-order valence-corrected chi connectivity index (χ1v) is 3.11. The van der Waals surface area contributed by atoms with Crippen molar-refractivity contribution in [3.63, 3.8) is 0 Å². The lowest BCUT2D eigenvalue weighted by atomic mass is 10.6. The van der Waals surface area contributed by atoms with E-state index in [4.69, 9.17) is 9.84 Å². The van der Waals surface area contributed by atoms with Crippen LogP contribution in [0.1, 0.15) is 0 Å². The van der Waals surface area contributed by atoms with Gasteiger partial charge < -0.3 is 14.8 Å². The van der Waals surface area contributed by atoms with Crippen LogP contribution in [0, 0.1) is 0 Å². The molecule has 1 heterocycles. The zero-order chi connectivity index (χ0) is 8.10. The molecule has 0 fully saturated rings. The van der Waals surface area contributed by atoms with E-state index in [1.54, 1.807) is 0 Å². The van der Waals surface area contributed by atoms with Gasteiger partial charge >= 0.3 is 5.69 Å². The van der Waals surface area contributed by atoms with Crippen LogP contribution in [0.25, 0.3) is 0 Å². The summed E-state index contributed by atoms with van der Waals surface area (Å²) >= 11 is 0. The molecule has 5 heteroatoms. The van der Waals surface area contributed by atoms with Gasteiger partial charge in [0.15, 0.2) is 5.75 Å². The van der Waals surface area contributed by atoms with Crippen molar-refractivity contribution in [1.82, 2.24) is 9.97 Å². The molecular formula is C6H8N2O3. The number of rotatable bonds is 3. The minimum atomic E-state index is -0.415. The summed E-state index contributed by atoms with van der Waals surface area (Å²) in [5, 5.41) is 8.36. The van der Waals surface area contributed by atoms with Gasteiger partial charge in [0, 0.05) is 6.20 Å². The number of ether oxygens (including phenoxy) is 1. The van der Waals surface area contributed by atoms with Gasteiger partial charge in [-0.2, -0.15) is 4.98 Å². The molecule has 5 nitrogen and oxygen atoms in total. The number of nitrogens with one attached hydrogen (secondary N) is 1. The van der Waals surface area contributed by atoms with Crippen molar-refractivity contribution < 1.29 is 9.84 Å². The smallest absolute Gasteiger partial charge is 0.345 e. The number of hydrogen-bond acceptors (Lipinski definition) is 4. The Morgan fingerprint density at radius 1 is 1.73 bits per heavy atom. The van der Waals surface area contributed by atoms with Crippen molar-refractivity contribution in [3.8, 4) is 5.75 Å². The van der Waals surface area contributed by atoms with Crippen LogP contribution in [0.2, 0.25) is 0 Å². The standard InChI is InChI=1S/C6H8N2O3/c9-1-2-11-5-3-7-6(10)8-4-5/h3-4,9H,1-2H2,(H,7,8,10). The highest BCUT2D eigenvalue weighted by atomic mass is 16.5. The molecule has 0 bridgehead atoms. The van der Waals surface area contributed by atoms with E-state index in [-0.39, 0.29) is 13.2 Å². The maximum absolute atomic E-state index is 10.4. The molecule has 0 saturated carbocycles. The highest BCUT2D eigenvalue weighted by Crippen LogP contribution is 2.01. The molecule has 1 aromatic rings. The summed E-state index contributed by atoms with van der Waals surface area (Å²) in [5.41, 5.74) is -0.415. The first kappa shape index (κ1) is 7.74. The SMILES string of the molecule is O=c1ncc(OCCO)c[nH]1. The van der Waals surface area contributed by atoms with E-state index in [9.17, 15) is 4.79 Å². The molecule has 1 aromatic heterocycles. The Morgan fingerprint density at radius 3 is 3.09 bits per heavy atom. The van der Waals surface area contributed by atoms with Crippen molar-refractivity contribution in [1.29, 1.82) is 0 Å². The third-order valence-corrected chi connectivity index (χ3v) is 1.01. The van der Waals surface area contributed by atoms with Gasteiger partial charge in [0.25, 0.3) is 0 Å². The summed E-state index contributed by atoms with van der Waals surface area (Å²) < 4.78 is 4.93. The van der Waals surface area contributed by atoms with E-state index in [0.717, 1.165) is 0 Å². The molecule has 0 radical (unpaired) electrons. The van der Waals surface area contributed by atoms with Crippen LogP contribution in [-0.2, 0) is 0 Å². The van der Waals surface area contributed by atoms with Crippen LogP contribution >= 0.6 is 0 Å². The van der Waals surface area contributed by atoms with E-state index < -0.39 is 5.69 Å². The third kappa shape index (κ3) is 2.38. The number of nitrogens with zero attached hydrogens (tertiary/aromatic N) is 1. The molecule has 60 valence electrons. The minimum absolute atomic E-state index is 0.0564. The number of aromatic amines is 1. The van der Waals surface area contributed by atoms with Gasteiger partial charge in [-0.1, -0.05) is 0 Å². The maximum Gasteiger partial charge on any atom is 0.345 e. The largest absolute Gasteiger partial charge is 0.488 e. The van der Waals surface area contributed by atoms with E-state index in [0.29, 0.717) is 5.75 Å². The lowest BCUT2D eigenvalue weighted by Crippen LogP contribution is -2.10. The van der Waals surface area contributed by atoms with Gasteiger partial charge in [0.1, 0.15) is 6.61 Å². The van der Waals surface area contributed by atoms with Gasteiger partial charge in [-0.3, -0.25) is 0 Å². The topological polar surface area (TPSA) is 75.2 Å². The van der Waals surface area contributed by atoms with E-state index >= 15 is 0 Å². The Labute approximate surface area is 62.7 Å². The van der Waals surface area contributed by atoms with Crippen molar-refractivity contribution in [2.24, 2.45) is 0 Å². The Balaban J connectivity index is 2.59. The van der Waals surface area contributed by atoms with Crippen LogP contribution in [0.5, 0.6) is 5.75 Å². The first-order chi connectivity index (χ1) is 5.33. The fourth-order valence-electron chi connectivity index (χ4n) is 0.572. The minimum Gasteiger partial charge on any atom is -0.488 e. The fourth-order valence-corrected chi connectivity index (χ4v) is 0.572. The molecule has 0 spiro atoms. The summed E-state index contributed by atoms with van der Waals surface area (Å²) in [6.07, 6.45) is 2.69. The molecule has 2 N–H and O–H groups in total. The Hall–Kier alpha value is -1.36. The molecule has 0 unspecified atom stereocenters. The van der Waals surface area contributed by atoms with Crippen LogP contribution in [0.15, 0.2) is 17.2 Å². The highest BCUT2D eigenvalue weighted by Gasteiger charge is 1.91. The van der Waals surface area contributed by atoms with E-state index in [1.165, 1.54) is 12.4 Å². The molecule has 0 aliphatic rings. The normalized spacial score (nSPS) is 9.55. The maximum atomic E-state index is 10.4. The van der Waals surface area contributed by atoms with Gasteiger partial charge in [0.2, 0.25) is 0 Å². The Morgan fingerprint density at radius 2 is 2.55 bits per heavy atom. The quantitative estimate of drug-likeness (QED) is 0.597. The summed E-state index contributed by atoms with van der Waals surface area (Å²) in [6.45, 7) is 0.146. The average Bonchev–Trinajstić information content (AvgIpc) is 2.04. The second-order valence-corrected chi connectivity index (χ2v) is 1.83. The first-order valence-electron chi connectivity index (χ1n) is 3.11. The number of aromatic nitrogens is 2. The van der Waals surface area contributed by atoms with Crippen molar-refractivity contribution >= 4 is 0 Å². The summed E-state index contributed by atoms with van der Waals surface area (Å²) in [7, 11) is 0. The molecule has 0 saturated heterocycles. The molecule has 0 aromatic carbocycles. The van der Waals surface area contributed by atoms with Crippen molar-refractivity contribution in [3.05, 3.63) is 22.9 Å². The molecule has 0 aliphatic heterocycles. The van der Waals surface area contributed by atoms with Gasteiger partial charge in [-0.05, 0) is 0 Å².